The van der Waals surface area contributed by atoms with Gasteiger partial charge in [0.15, 0.2) is 0 Å². The van der Waals surface area contributed by atoms with Crippen molar-refractivity contribution in [2.45, 2.75) is 0 Å². The van der Waals surface area contributed by atoms with Gasteiger partial charge in [0.2, 0.25) is 11.9 Å². The molecular weight excluding hydrogens is 268 g/mol. The Morgan fingerprint density at radius 1 is 1.10 bits per heavy atom. The number of hydrogen-bond acceptors (Lipinski definition) is 7. The molecular formula is C14H18N6O. The molecule has 0 spiro atoms. The molecule has 0 unspecified atom stereocenters. The van der Waals surface area contributed by atoms with Crippen LogP contribution >= 0.6 is 0 Å². The van der Waals surface area contributed by atoms with Crippen LogP contribution in [0.4, 0.5) is 23.3 Å². The maximum Gasteiger partial charge on any atom is 0.322 e. The molecule has 0 amide bonds. The van der Waals surface area contributed by atoms with E-state index in [2.05, 4.69) is 49.2 Å². The molecule has 21 heavy (non-hydrogen) atoms. The van der Waals surface area contributed by atoms with Crippen LogP contribution in [-0.4, -0.2) is 49.2 Å². The summed E-state index contributed by atoms with van der Waals surface area (Å²) < 4.78 is 5.16. The Morgan fingerprint density at radius 2 is 1.86 bits per heavy atom. The number of benzene rings is 1. The molecule has 1 aliphatic heterocycles. The summed E-state index contributed by atoms with van der Waals surface area (Å²) in [6.07, 6.45) is 0. The Hall–Kier alpha value is -2.57. The third-order valence-electron chi connectivity index (χ3n) is 3.49. The smallest absolute Gasteiger partial charge is 0.322 e. The topological polar surface area (TPSA) is 66.4 Å². The van der Waals surface area contributed by atoms with E-state index in [9.17, 15) is 0 Å². The highest BCUT2D eigenvalue weighted by Gasteiger charge is 2.24. The van der Waals surface area contributed by atoms with Gasteiger partial charge in [-0.15, -0.1) is 0 Å². The van der Waals surface area contributed by atoms with Crippen LogP contribution in [0.1, 0.15) is 0 Å². The van der Waals surface area contributed by atoms with Gasteiger partial charge in [0.25, 0.3) is 0 Å². The van der Waals surface area contributed by atoms with Crippen molar-refractivity contribution >= 4 is 23.3 Å². The Bertz CT molecular complexity index is 625. The predicted octanol–water partition coefficient (Wildman–Crippen LogP) is 1.51. The number of nitrogens with one attached hydrogen (secondary N) is 1. The van der Waals surface area contributed by atoms with Crippen LogP contribution in [0.15, 0.2) is 24.3 Å². The highest BCUT2D eigenvalue weighted by atomic mass is 16.5. The first kappa shape index (κ1) is 13.4. The lowest BCUT2D eigenvalue weighted by Crippen LogP contribution is -2.37. The minimum atomic E-state index is 0.306. The zero-order valence-electron chi connectivity index (χ0n) is 12.4. The first-order chi connectivity index (χ1) is 10.2. The van der Waals surface area contributed by atoms with Gasteiger partial charge < -0.3 is 19.9 Å². The van der Waals surface area contributed by atoms with E-state index >= 15 is 0 Å². The summed E-state index contributed by atoms with van der Waals surface area (Å²) in [6.45, 7) is 1.71. The lowest BCUT2D eigenvalue weighted by Gasteiger charge is -2.35. The van der Waals surface area contributed by atoms with Crippen molar-refractivity contribution in [2.75, 3.05) is 49.4 Å². The summed E-state index contributed by atoms with van der Waals surface area (Å²) in [5.74, 6) is 1.08. The second kappa shape index (κ2) is 5.43. The van der Waals surface area contributed by atoms with E-state index in [4.69, 9.17) is 4.74 Å². The zero-order chi connectivity index (χ0) is 14.8. The van der Waals surface area contributed by atoms with Crippen molar-refractivity contribution in [1.29, 1.82) is 0 Å². The normalized spacial score (nSPS) is 13.9. The van der Waals surface area contributed by atoms with Crippen molar-refractivity contribution in [1.82, 2.24) is 15.0 Å². The van der Waals surface area contributed by atoms with Crippen molar-refractivity contribution in [3.05, 3.63) is 24.3 Å². The van der Waals surface area contributed by atoms with Gasteiger partial charge in [-0.3, -0.25) is 0 Å². The largest absolute Gasteiger partial charge is 0.467 e. The third-order valence-corrected chi connectivity index (χ3v) is 3.49. The summed E-state index contributed by atoms with van der Waals surface area (Å²) in [5, 5.41) is 2.93. The summed E-state index contributed by atoms with van der Waals surface area (Å²) in [5.41, 5.74) is 2.25. The van der Waals surface area contributed by atoms with Gasteiger partial charge >= 0.3 is 6.01 Å². The summed E-state index contributed by atoms with van der Waals surface area (Å²) in [7, 11) is 5.41. The van der Waals surface area contributed by atoms with E-state index in [-0.39, 0.29) is 0 Å². The van der Waals surface area contributed by atoms with E-state index in [1.165, 1.54) is 0 Å². The van der Waals surface area contributed by atoms with Crippen molar-refractivity contribution in [3.8, 4) is 6.01 Å². The summed E-state index contributed by atoms with van der Waals surface area (Å²) >= 11 is 0. The number of hydrogen-bond donors (Lipinski definition) is 1. The maximum absolute atomic E-state index is 5.16. The van der Waals surface area contributed by atoms with Crippen LogP contribution < -0.4 is 19.9 Å². The number of nitrogens with zero attached hydrogens (tertiary/aromatic N) is 5. The van der Waals surface area contributed by atoms with Gasteiger partial charge in [0.1, 0.15) is 0 Å². The van der Waals surface area contributed by atoms with Crippen molar-refractivity contribution in [2.24, 2.45) is 0 Å². The molecule has 0 fully saturated rings. The average Bonchev–Trinajstić information content (AvgIpc) is 2.55. The number of ether oxygens (including phenoxy) is 1. The molecule has 1 aliphatic rings. The molecule has 3 rings (SSSR count). The molecule has 0 bridgehead atoms. The van der Waals surface area contributed by atoms with Crippen LogP contribution in [0, 0.1) is 0 Å². The molecule has 1 N–H and O–H groups in total. The molecule has 7 nitrogen and oxygen atoms in total. The van der Waals surface area contributed by atoms with Crippen LogP contribution in [0.3, 0.4) is 0 Å². The molecule has 0 atom stereocenters. The highest BCUT2D eigenvalue weighted by Crippen LogP contribution is 2.35. The average molecular weight is 286 g/mol. The Balaban J connectivity index is 2.07. The van der Waals surface area contributed by atoms with E-state index in [1.807, 2.05) is 12.1 Å². The van der Waals surface area contributed by atoms with Gasteiger partial charge in [0.05, 0.1) is 18.5 Å². The van der Waals surface area contributed by atoms with Crippen LogP contribution in [0.25, 0.3) is 0 Å². The summed E-state index contributed by atoms with van der Waals surface area (Å²) in [6, 6.07) is 8.52. The second-order valence-corrected chi connectivity index (χ2v) is 4.76. The quantitative estimate of drug-likeness (QED) is 0.917. The van der Waals surface area contributed by atoms with E-state index in [1.54, 1.807) is 14.2 Å². The third kappa shape index (κ3) is 2.42. The van der Waals surface area contributed by atoms with Gasteiger partial charge in [-0.1, -0.05) is 12.1 Å². The lowest BCUT2D eigenvalue weighted by molar-refractivity contribution is 0.379. The number of rotatable bonds is 3. The molecule has 1 aromatic carbocycles. The molecule has 7 heteroatoms. The van der Waals surface area contributed by atoms with Crippen LogP contribution in [-0.2, 0) is 0 Å². The first-order valence-electron chi connectivity index (χ1n) is 6.78. The minimum absolute atomic E-state index is 0.306. The Kier molecular flexibility index (Phi) is 3.47. The van der Waals surface area contributed by atoms with Crippen LogP contribution in [0.5, 0.6) is 6.01 Å². The van der Waals surface area contributed by atoms with E-state index < -0.39 is 0 Å². The maximum atomic E-state index is 5.16. The fraction of sp³-hybridized carbons (Fsp3) is 0.357. The molecule has 110 valence electrons. The molecule has 0 aliphatic carbocycles. The van der Waals surface area contributed by atoms with Gasteiger partial charge in [-0.25, -0.2) is 0 Å². The molecule has 0 saturated carbocycles. The number of para-hydroxylation sites is 2. The molecule has 2 heterocycles. The number of likely N-dealkylation sites (N-methyl/N-ethyl adjacent to an activating group) is 1. The Morgan fingerprint density at radius 3 is 2.57 bits per heavy atom. The Labute approximate surface area is 123 Å². The van der Waals surface area contributed by atoms with E-state index in [0.29, 0.717) is 17.9 Å². The number of methoxy groups -OCH3 is 1. The highest BCUT2D eigenvalue weighted by molar-refractivity contribution is 5.77. The first-order valence-corrected chi connectivity index (χ1v) is 6.78. The molecule has 1 aromatic heterocycles. The van der Waals surface area contributed by atoms with Gasteiger partial charge in [-0.2, -0.15) is 15.0 Å². The fourth-order valence-corrected chi connectivity index (χ4v) is 2.38. The standard InChI is InChI=1S/C14H18N6O/c1-15-12-16-13(18-14(17-12)21-3)20-9-8-19(2)10-6-4-5-7-11(10)20/h4-7H,8-9H2,1-3H3,(H,15,16,17,18). The lowest BCUT2D eigenvalue weighted by atomic mass is 10.2. The van der Waals surface area contributed by atoms with Gasteiger partial charge in [-0.05, 0) is 12.1 Å². The van der Waals surface area contributed by atoms with E-state index in [0.717, 1.165) is 24.5 Å². The molecule has 2 aromatic rings. The predicted molar refractivity (Wildman–Crippen MR) is 82.6 cm³/mol. The van der Waals surface area contributed by atoms with Crippen molar-refractivity contribution in [3.63, 3.8) is 0 Å². The van der Waals surface area contributed by atoms with Crippen LogP contribution in [0.2, 0.25) is 0 Å². The summed E-state index contributed by atoms with van der Waals surface area (Å²) in [4.78, 5) is 17.3. The SMILES string of the molecule is CNc1nc(OC)nc(N2CCN(C)c3ccccc32)n1. The van der Waals surface area contributed by atoms with Crippen molar-refractivity contribution < 1.29 is 4.74 Å². The fourth-order valence-electron chi connectivity index (χ4n) is 2.38. The number of aromatic nitrogens is 3. The monoisotopic (exact) mass is 286 g/mol. The zero-order valence-corrected chi connectivity index (χ0v) is 12.4. The van der Waals surface area contributed by atoms with Gasteiger partial charge in [0, 0.05) is 27.2 Å². The number of fused-ring (bicyclic) bond motifs is 1. The number of anilines is 4. The molecule has 0 saturated heterocycles. The molecule has 0 radical (unpaired) electrons. The minimum Gasteiger partial charge on any atom is -0.467 e. The second-order valence-electron chi connectivity index (χ2n) is 4.76.